The van der Waals surface area contributed by atoms with Crippen molar-refractivity contribution in [3.63, 3.8) is 0 Å². The molecule has 16 heavy (non-hydrogen) atoms. The monoisotopic (exact) mass is 226 g/mol. The minimum absolute atomic E-state index is 0.404. The van der Waals surface area contributed by atoms with Crippen LogP contribution in [-0.2, 0) is 4.74 Å². The lowest BCUT2D eigenvalue weighted by Crippen LogP contribution is -2.49. The van der Waals surface area contributed by atoms with Gasteiger partial charge in [0.1, 0.15) is 0 Å². The third-order valence-corrected chi connectivity index (χ3v) is 3.92. The molecule has 3 heteroatoms. The summed E-state index contributed by atoms with van der Waals surface area (Å²) in [5, 5.41) is 3.67. The van der Waals surface area contributed by atoms with E-state index in [1.54, 1.807) is 0 Å². The van der Waals surface area contributed by atoms with Crippen molar-refractivity contribution >= 4 is 0 Å². The standard InChI is InChI=1S/C13H26N2O/c1-11-5-3-6-14-13(11)10-15-7-4-8-16-12(2)9-15/h11-14H,3-10H2,1-2H3. The van der Waals surface area contributed by atoms with Crippen LogP contribution >= 0.6 is 0 Å². The molecule has 2 saturated heterocycles. The molecule has 0 bridgehead atoms. The van der Waals surface area contributed by atoms with E-state index in [-0.39, 0.29) is 0 Å². The summed E-state index contributed by atoms with van der Waals surface area (Å²) in [5.74, 6) is 0.827. The van der Waals surface area contributed by atoms with Gasteiger partial charge in [-0.1, -0.05) is 6.92 Å². The van der Waals surface area contributed by atoms with Crippen LogP contribution in [0.15, 0.2) is 0 Å². The number of ether oxygens (including phenoxy) is 1. The first-order chi connectivity index (χ1) is 7.75. The van der Waals surface area contributed by atoms with Crippen LogP contribution in [0.5, 0.6) is 0 Å². The summed E-state index contributed by atoms with van der Waals surface area (Å²) in [6.07, 6.45) is 4.32. The lowest BCUT2D eigenvalue weighted by molar-refractivity contribution is 0.0645. The molecule has 2 heterocycles. The van der Waals surface area contributed by atoms with Crippen molar-refractivity contribution < 1.29 is 4.74 Å². The number of piperidine rings is 1. The molecule has 3 nitrogen and oxygen atoms in total. The second-order valence-corrected chi connectivity index (χ2v) is 5.47. The molecule has 1 N–H and O–H groups in total. The van der Waals surface area contributed by atoms with Crippen LogP contribution in [0.2, 0.25) is 0 Å². The van der Waals surface area contributed by atoms with Gasteiger partial charge in [0.05, 0.1) is 6.10 Å². The van der Waals surface area contributed by atoms with E-state index in [0.29, 0.717) is 12.1 Å². The highest BCUT2D eigenvalue weighted by molar-refractivity contribution is 4.82. The third-order valence-electron chi connectivity index (χ3n) is 3.92. The quantitative estimate of drug-likeness (QED) is 0.772. The number of hydrogen-bond donors (Lipinski definition) is 1. The van der Waals surface area contributed by atoms with Crippen LogP contribution in [0.3, 0.4) is 0 Å². The molecule has 2 fully saturated rings. The minimum Gasteiger partial charge on any atom is -0.377 e. The van der Waals surface area contributed by atoms with Gasteiger partial charge in [-0.3, -0.25) is 4.90 Å². The Balaban J connectivity index is 1.82. The normalized spacial score (nSPS) is 38.2. The van der Waals surface area contributed by atoms with Crippen LogP contribution < -0.4 is 5.32 Å². The van der Waals surface area contributed by atoms with Gasteiger partial charge in [0.2, 0.25) is 0 Å². The SMILES string of the molecule is CC1CN(CC2NCCCC2C)CCCO1. The summed E-state index contributed by atoms with van der Waals surface area (Å²) in [6.45, 7) is 10.2. The van der Waals surface area contributed by atoms with E-state index in [2.05, 4.69) is 24.1 Å². The molecule has 0 aromatic heterocycles. The number of nitrogens with one attached hydrogen (secondary N) is 1. The van der Waals surface area contributed by atoms with Gasteiger partial charge in [-0.15, -0.1) is 0 Å². The zero-order valence-corrected chi connectivity index (χ0v) is 10.7. The summed E-state index contributed by atoms with van der Waals surface area (Å²) in [4.78, 5) is 2.58. The Morgan fingerprint density at radius 3 is 3.00 bits per heavy atom. The second-order valence-electron chi connectivity index (χ2n) is 5.47. The summed E-state index contributed by atoms with van der Waals surface area (Å²) in [7, 11) is 0. The Bertz CT molecular complexity index is 210. The fourth-order valence-corrected chi connectivity index (χ4v) is 2.88. The molecule has 0 aromatic carbocycles. The zero-order chi connectivity index (χ0) is 11.4. The Morgan fingerprint density at radius 1 is 1.31 bits per heavy atom. The van der Waals surface area contributed by atoms with Crippen molar-refractivity contribution in [2.24, 2.45) is 5.92 Å². The van der Waals surface area contributed by atoms with Crippen LogP contribution in [0.25, 0.3) is 0 Å². The largest absolute Gasteiger partial charge is 0.377 e. The van der Waals surface area contributed by atoms with E-state index in [9.17, 15) is 0 Å². The van der Waals surface area contributed by atoms with E-state index >= 15 is 0 Å². The lowest BCUT2D eigenvalue weighted by Gasteiger charge is -2.34. The minimum atomic E-state index is 0.404. The van der Waals surface area contributed by atoms with Gasteiger partial charge >= 0.3 is 0 Å². The first-order valence-corrected chi connectivity index (χ1v) is 6.83. The molecule has 0 spiro atoms. The fourth-order valence-electron chi connectivity index (χ4n) is 2.88. The number of nitrogens with zero attached hydrogens (tertiary/aromatic N) is 1. The molecule has 0 saturated carbocycles. The predicted molar refractivity (Wildman–Crippen MR) is 66.7 cm³/mol. The van der Waals surface area contributed by atoms with E-state index in [0.717, 1.165) is 19.1 Å². The first-order valence-electron chi connectivity index (χ1n) is 6.83. The molecule has 0 amide bonds. The number of hydrogen-bond acceptors (Lipinski definition) is 3. The summed E-state index contributed by atoms with van der Waals surface area (Å²) < 4.78 is 5.69. The lowest BCUT2D eigenvalue weighted by atomic mass is 9.92. The highest BCUT2D eigenvalue weighted by atomic mass is 16.5. The Labute approximate surface area is 99.5 Å². The number of rotatable bonds is 2. The van der Waals surface area contributed by atoms with Crippen molar-refractivity contribution in [1.29, 1.82) is 0 Å². The van der Waals surface area contributed by atoms with E-state index in [1.807, 2.05) is 0 Å². The van der Waals surface area contributed by atoms with E-state index in [1.165, 1.54) is 38.9 Å². The van der Waals surface area contributed by atoms with Crippen LogP contribution in [0.1, 0.15) is 33.1 Å². The maximum atomic E-state index is 5.69. The molecule has 2 aliphatic rings. The predicted octanol–water partition coefficient (Wildman–Crippen LogP) is 1.49. The van der Waals surface area contributed by atoms with Crippen LogP contribution in [0.4, 0.5) is 0 Å². The third kappa shape index (κ3) is 3.44. The Hall–Kier alpha value is -0.120. The maximum absolute atomic E-state index is 5.69. The van der Waals surface area contributed by atoms with Crippen LogP contribution in [-0.4, -0.2) is 49.8 Å². The van der Waals surface area contributed by atoms with Gasteiger partial charge in [0, 0.05) is 32.3 Å². The molecule has 3 atom stereocenters. The van der Waals surface area contributed by atoms with Crippen molar-refractivity contribution in [3.05, 3.63) is 0 Å². The Kier molecular flexibility index (Phi) is 4.62. The second kappa shape index (κ2) is 5.99. The first kappa shape index (κ1) is 12.3. The molecule has 0 aliphatic carbocycles. The molecule has 0 radical (unpaired) electrons. The molecular weight excluding hydrogens is 200 g/mol. The van der Waals surface area contributed by atoms with Gasteiger partial charge in [0.15, 0.2) is 0 Å². The molecule has 94 valence electrons. The van der Waals surface area contributed by atoms with Gasteiger partial charge in [-0.2, -0.15) is 0 Å². The van der Waals surface area contributed by atoms with Crippen LogP contribution in [0, 0.1) is 5.92 Å². The zero-order valence-electron chi connectivity index (χ0n) is 10.7. The summed E-state index contributed by atoms with van der Waals surface area (Å²) in [6, 6.07) is 0.694. The van der Waals surface area contributed by atoms with Crippen molar-refractivity contribution in [1.82, 2.24) is 10.2 Å². The van der Waals surface area contributed by atoms with Gasteiger partial charge in [-0.05, 0) is 38.6 Å². The van der Waals surface area contributed by atoms with Gasteiger partial charge in [-0.25, -0.2) is 0 Å². The molecular formula is C13H26N2O. The highest BCUT2D eigenvalue weighted by Crippen LogP contribution is 2.17. The van der Waals surface area contributed by atoms with E-state index in [4.69, 9.17) is 4.74 Å². The topological polar surface area (TPSA) is 24.5 Å². The molecule has 2 aliphatic heterocycles. The molecule has 3 unspecified atom stereocenters. The van der Waals surface area contributed by atoms with Crippen molar-refractivity contribution in [2.75, 3.05) is 32.8 Å². The van der Waals surface area contributed by atoms with Crippen molar-refractivity contribution in [3.8, 4) is 0 Å². The maximum Gasteiger partial charge on any atom is 0.0673 e. The molecule has 2 rings (SSSR count). The summed E-state index contributed by atoms with van der Waals surface area (Å²) >= 11 is 0. The van der Waals surface area contributed by atoms with Gasteiger partial charge < -0.3 is 10.1 Å². The van der Waals surface area contributed by atoms with Crippen molar-refractivity contribution in [2.45, 2.75) is 45.3 Å². The average molecular weight is 226 g/mol. The molecule has 0 aromatic rings. The summed E-state index contributed by atoms with van der Waals surface area (Å²) in [5.41, 5.74) is 0. The highest BCUT2D eigenvalue weighted by Gasteiger charge is 2.24. The Morgan fingerprint density at radius 2 is 2.19 bits per heavy atom. The van der Waals surface area contributed by atoms with E-state index < -0.39 is 0 Å². The van der Waals surface area contributed by atoms with Gasteiger partial charge in [0.25, 0.3) is 0 Å². The fraction of sp³-hybridized carbons (Fsp3) is 1.00. The average Bonchev–Trinajstić information content (AvgIpc) is 2.46. The smallest absolute Gasteiger partial charge is 0.0673 e.